The van der Waals surface area contributed by atoms with Gasteiger partial charge in [-0.1, -0.05) is 12.2 Å². The highest BCUT2D eigenvalue weighted by Crippen LogP contribution is 2.33. The monoisotopic (exact) mass is 315 g/mol. The molecule has 3 rings (SSSR count). The van der Waals surface area contributed by atoms with Crippen molar-refractivity contribution >= 4 is 6.08 Å². The Morgan fingerprint density at radius 2 is 2.17 bits per heavy atom. The van der Waals surface area contributed by atoms with Gasteiger partial charge in [-0.3, -0.25) is 4.90 Å². The summed E-state index contributed by atoms with van der Waals surface area (Å²) in [5, 5.41) is 10.3. The number of aromatic nitrogens is 2. The van der Waals surface area contributed by atoms with Crippen LogP contribution in [0.5, 0.6) is 11.5 Å². The Kier molecular flexibility index (Phi) is 4.95. The van der Waals surface area contributed by atoms with E-state index in [0.717, 1.165) is 44.1 Å². The number of rotatable bonds is 5. The molecule has 1 N–H and O–H groups in total. The molecule has 1 fully saturated rings. The van der Waals surface area contributed by atoms with E-state index >= 15 is 0 Å². The van der Waals surface area contributed by atoms with Crippen molar-refractivity contribution in [2.75, 3.05) is 40.0 Å². The number of methoxy groups -OCH3 is 1. The van der Waals surface area contributed by atoms with E-state index in [1.54, 1.807) is 25.7 Å². The van der Waals surface area contributed by atoms with Gasteiger partial charge in [0.2, 0.25) is 0 Å². The topological polar surface area (TPSA) is 59.8 Å². The Balaban J connectivity index is 1.80. The van der Waals surface area contributed by atoms with E-state index < -0.39 is 0 Å². The van der Waals surface area contributed by atoms with Gasteiger partial charge in [-0.2, -0.15) is 0 Å². The summed E-state index contributed by atoms with van der Waals surface area (Å²) in [6.07, 6.45) is 9.26. The largest absolute Gasteiger partial charge is 0.504 e. The zero-order valence-corrected chi connectivity index (χ0v) is 13.2. The number of imidazole rings is 1. The second kappa shape index (κ2) is 7.30. The molecular formula is C17H21N3O3. The van der Waals surface area contributed by atoms with Crippen LogP contribution in [0, 0.1) is 0 Å². The van der Waals surface area contributed by atoms with Crippen molar-refractivity contribution in [1.82, 2.24) is 14.5 Å². The number of hydrogen-bond donors (Lipinski definition) is 1. The van der Waals surface area contributed by atoms with Crippen LogP contribution >= 0.6 is 0 Å². The lowest BCUT2D eigenvalue weighted by Gasteiger charge is -2.25. The van der Waals surface area contributed by atoms with Crippen LogP contribution in [0.3, 0.4) is 0 Å². The zero-order chi connectivity index (χ0) is 16.1. The van der Waals surface area contributed by atoms with Crippen molar-refractivity contribution in [3.8, 4) is 17.2 Å². The minimum Gasteiger partial charge on any atom is -0.504 e. The van der Waals surface area contributed by atoms with E-state index in [9.17, 15) is 5.11 Å². The molecule has 0 unspecified atom stereocenters. The van der Waals surface area contributed by atoms with E-state index in [1.807, 2.05) is 22.9 Å². The van der Waals surface area contributed by atoms with Gasteiger partial charge in [0, 0.05) is 43.7 Å². The van der Waals surface area contributed by atoms with Crippen molar-refractivity contribution < 1.29 is 14.6 Å². The van der Waals surface area contributed by atoms with Crippen molar-refractivity contribution in [1.29, 1.82) is 0 Å². The minimum atomic E-state index is 0.148. The van der Waals surface area contributed by atoms with Crippen molar-refractivity contribution in [3.05, 3.63) is 42.5 Å². The molecule has 0 spiro atoms. The fourth-order valence-corrected chi connectivity index (χ4v) is 2.57. The van der Waals surface area contributed by atoms with Crippen LogP contribution in [0.15, 0.2) is 36.9 Å². The average molecular weight is 315 g/mol. The molecule has 0 radical (unpaired) electrons. The molecule has 1 aliphatic rings. The molecule has 0 amide bonds. The lowest BCUT2D eigenvalue weighted by Crippen LogP contribution is -2.36. The van der Waals surface area contributed by atoms with Gasteiger partial charge < -0.3 is 19.1 Å². The van der Waals surface area contributed by atoms with Gasteiger partial charge >= 0.3 is 0 Å². The number of phenolic OH excluding ortho intramolecular Hbond substituents is 1. The summed E-state index contributed by atoms with van der Waals surface area (Å²) in [7, 11) is 1.55. The van der Waals surface area contributed by atoms with Crippen LogP contribution in [-0.4, -0.2) is 59.5 Å². The summed E-state index contributed by atoms with van der Waals surface area (Å²) in [5.74, 6) is 0.594. The van der Waals surface area contributed by atoms with Gasteiger partial charge in [0.25, 0.3) is 0 Å². The van der Waals surface area contributed by atoms with E-state index in [2.05, 4.69) is 16.0 Å². The molecule has 122 valence electrons. The molecule has 2 heterocycles. The minimum absolute atomic E-state index is 0.148. The predicted molar refractivity (Wildman–Crippen MR) is 88.1 cm³/mol. The van der Waals surface area contributed by atoms with Gasteiger partial charge in [0.1, 0.15) is 0 Å². The quantitative estimate of drug-likeness (QED) is 0.913. The van der Waals surface area contributed by atoms with E-state index in [0.29, 0.717) is 5.75 Å². The van der Waals surface area contributed by atoms with Gasteiger partial charge in [0.15, 0.2) is 11.5 Å². The summed E-state index contributed by atoms with van der Waals surface area (Å²) >= 11 is 0. The molecule has 0 atom stereocenters. The molecule has 6 heteroatoms. The Morgan fingerprint density at radius 3 is 2.87 bits per heavy atom. The molecule has 2 aromatic rings. The number of morpholine rings is 1. The maximum atomic E-state index is 10.3. The number of benzene rings is 1. The smallest absolute Gasteiger partial charge is 0.165 e. The average Bonchev–Trinajstić information content (AvgIpc) is 3.12. The van der Waals surface area contributed by atoms with Gasteiger partial charge in [0.05, 0.1) is 32.3 Å². The predicted octanol–water partition coefficient (Wildman–Crippen LogP) is 1.93. The third kappa shape index (κ3) is 3.72. The molecule has 1 saturated heterocycles. The first-order valence-corrected chi connectivity index (χ1v) is 7.64. The Bertz CT molecular complexity index is 662. The highest BCUT2D eigenvalue weighted by Gasteiger charge is 2.11. The fourth-order valence-electron chi connectivity index (χ4n) is 2.57. The van der Waals surface area contributed by atoms with Gasteiger partial charge in [-0.05, 0) is 6.07 Å². The lowest BCUT2D eigenvalue weighted by molar-refractivity contribution is 0.0435. The zero-order valence-electron chi connectivity index (χ0n) is 13.2. The van der Waals surface area contributed by atoms with E-state index in [4.69, 9.17) is 9.47 Å². The van der Waals surface area contributed by atoms with Crippen LogP contribution in [0.4, 0.5) is 0 Å². The summed E-state index contributed by atoms with van der Waals surface area (Å²) in [5.41, 5.74) is 1.62. The second-order valence-corrected chi connectivity index (χ2v) is 5.37. The van der Waals surface area contributed by atoms with Crippen LogP contribution in [0.1, 0.15) is 5.56 Å². The van der Waals surface area contributed by atoms with E-state index in [1.165, 1.54) is 0 Å². The maximum Gasteiger partial charge on any atom is 0.165 e. The standard InChI is InChI=1S/C17H21N3O3/c1-22-16-12-15(20-6-4-18-13-20)11-14(17(16)21)3-2-5-19-7-9-23-10-8-19/h2-4,6,11-13,21H,5,7-10H2,1H3. The van der Waals surface area contributed by atoms with Crippen LogP contribution in [-0.2, 0) is 4.74 Å². The van der Waals surface area contributed by atoms with Crippen LogP contribution < -0.4 is 4.74 Å². The molecule has 0 aliphatic carbocycles. The highest BCUT2D eigenvalue weighted by atomic mass is 16.5. The third-order valence-corrected chi connectivity index (χ3v) is 3.88. The van der Waals surface area contributed by atoms with Crippen LogP contribution in [0.25, 0.3) is 11.8 Å². The first-order chi connectivity index (χ1) is 11.3. The van der Waals surface area contributed by atoms with Gasteiger partial charge in [-0.25, -0.2) is 4.98 Å². The fraction of sp³-hybridized carbons (Fsp3) is 0.353. The van der Waals surface area contributed by atoms with E-state index in [-0.39, 0.29) is 5.75 Å². The molecule has 1 aromatic heterocycles. The molecule has 1 aromatic carbocycles. The lowest BCUT2D eigenvalue weighted by atomic mass is 10.1. The maximum absolute atomic E-state index is 10.3. The molecule has 6 nitrogen and oxygen atoms in total. The summed E-state index contributed by atoms with van der Waals surface area (Å²) < 4.78 is 12.5. The van der Waals surface area contributed by atoms with Crippen molar-refractivity contribution in [2.24, 2.45) is 0 Å². The molecular weight excluding hydrogens is 294 g/mol. The second-order valence-electron chi connectivity index (χ2n) is 5.37. The normalized spacial score (nSPS) is 16.0. The van der Waals surface area contributed by atoms with Crippen LogP contribution in [0.2, 0.25) is 0 Å². The SMILES string of the molecule is COc1cc(-n2ccnc2)cc(C=CCN2CCOCC2)c1O. The number of hydrogen-bond acceptors (Lipinski definition) is 5. The number of nitrogens with zero attached hydrogens (tertiary/aromatic N) is 3. The Labute approximate surface area is 135 Å². The molecule has 0 saturated carbocycles. The molecule has 0 bridgehead atoms. The number of ether oxygens (including phenoxy) is 2. The van der Waals surface area contributed by atoms with Gasteiger partial charge in [-0.15, -0.1) is 0 Å². The third-order valence-electron chi connectivity index (χ3n) is 3.88. The summed E-state index contributed by atoms with van der Waals surface area (Å²) in [4.78, 5) is 6.37. The Morgan fingerprint density at radius 1 is 1.35 bits per heavy atom. The first kappa shape index (κ1) is 15.6. The number of aromatic hydroxyl groups is 1. The van der Waals surface area contributed by atoms with Crippen molar-refractivity contribution in [3.63, 3.8) is 0 Å². The molecule has 1 aliphatic heterocycles. The number of phenols is 1. The summed E-state index contributed by atoms with van der Waals surface area (Å²) in [6.45, 7) is 4.27. The first-order valence-electron chi connectivity index (χ1n) is 7.64. The summed E-state index contributed by atoms with van der Waals surface area (Å²) in [6, 6.07) is 3.70. The highest BCUT2D eigenvalue weighted by molar-refractivity contribution is 5.65. The van der Waals surface area contributed by atoms with Crippen molar-refractivity contribution in [2.45, 2.75) is 0 Å². The molecule has 23 heavy (non-hydrogen) atoms. The Hall–Kier alpha value is -2.31.